The molecule has 4 nitrogen and oxygen atoms in total. The monoisotopic (exact) mass is 325 g/mol. The van der Waals surface area contributed by atoms with Crippen LogP contribution in [0.4, 0.5) is 0 Å². The molecule has 5 heteroatoms. The molecule has 1 aromatic rings. The fourth-order valence-corrected chi connectivity index (χ4v) is 2.87. The number of rotatable bonds is 3. The molecule has 2 N–H and O–H groups in total. The smallest absolute Gasteiger partial charge is 0.308 e. The molecule has 0 aliphatic heterocycles. The van der Waals surface area contributed by atoms with Crippen LogP contribution in [0.3, 0.4) is 0 Å². The molecule has 0 saturated heterocycles. The van der Waals surface area contributed by atoms with E-state index >= 15 is 0 Å². The van der Waals surface area contributed by atoms with Gasteiger partial charge in [-0.15, -0.1) is 0 Å². The highest BCUT2D eigenvalue weighted by molar-refractivity contribution is 9.10. The lowest BCUT2D eigenvalue weighted by Crippen LogP contribution is -2.40. The van der Waals surface area contributed by atoms with Crippen molar-refractivity contribution in [1.82, 2.24) is 5.32 Å². The number of carbonyl (C=O) groups is 2. The number of carbonyl (C=O) groups excluding carboxylic acids is 1. The van der Waals surface area contributed by atoms with E-state index in [1.165, 1.54) is 0 Å². The van der Waals surface area contributed by atoms with Crippen LogP contribution in [0.2, 0.25) is 0 Å². The SMILES string of the molecule is Cc1ccc(Br)cc1C(=O)N[C@@H]1CCC[C@@H]1C(=O)O. The predicted octanol–water partition coefficient (Wildman–Crippen LogP) is 2.74. The summed E-state index contributed by atoms with van der Waals surface area (Å²) in [5, 5.41) is 12.0. The van der Waals surface area contributed by atoms with Crippen LogP contribution in [0.15, 0.2) is 22.7 Å². The molecule has 19 heavy (non-hydrogen) atoms. The number of aliphatic carboxylic acids is 1. The van der Waals surface area contributed by atoms with Crippen LogP contribution in [-0.4, -0.2) is 23.0 Å². The third-order valence-electron chi connectivity index (χ3n) is 3.59. The Hall–Kier alpha value is -1.36. The summed E-state index contributed by atoms with van der Waals surface area (Å²) in [5.74, 6) is -1.48. The molecule has 0 unspecified atom stereocenters. The summed E-state index contributed by atoms with van der Waals surface area (Å²) in [4.78, 5) is 23.3. The fraction of sp³-hybridized carbons (Fsp3) is 0.429. The third kappa shape index (κ3) is 3.15. The van der Waals surface area contributed by atoms with Crippen molar-refractivity contribution >= 4 is 27.8 Å². The molecule has 102 valence electrons. The van der Waals surface area contributed by atoms with Crippen molar-refractivity contribution in [3.05, 3.63) is 33.8 Å². The van der Waals surface area contributed by atoms with Gasteiger partial charge in [0, 0.05) is 16.1 Å². The maximum Gasteiger partial charge on any atom is 0.308 e. The van der Waals surface area contributed by atoms with Gasteiger partial charge in [0.05, 0.1) is 5.92 Å². The molecule has 2 rings (SSSR count). The number of amides is 1. The lowest BCUT2D eigenvalue weighted by Gasteiger charge is -2.18. The molecule has 1 fully saturated rings. The van der Waals surface area contributed by atoms with E-state index < -0.39 is 11.9 Å². The van der Waals surface area contributed by atoms with E-state index in [9.17, 15) is 9.59 Å². The molecule has 0 bridgehead atoms. The Morgan fingerprint density at radius 2 is 2.11 bits per heavy atom. The van der Waals surface area contributed by atoms with Gasteiger partial charge in [0.2, 0.25) is 0 Å². The Labute approximate surface area is 120 Å². The number of halogens is 1. The number of hydrogen-bond acceptors (Lipinski definition) is 2. The largest absolute Gasteiger partial charge is 0.481 e. The van der Waals surface area contributed by atoms with Gasteiger partial charge in [-0.05, 0) is 37.5 Å². The number of aryl methyl sites for hydroxylation is 1. The quantitative estimate of drug-likeness (QED) is 0.897. The standard InChI is InChI=1S/C14H16BrNO3/c1-8-5-6-9(15)7-11(8)13(17)16-12-4-2-3-10(12)14(18)19/h5-7,10,12H,2-4H2,1H3,(H,16,17)(H,18,19)/t10-,12+/m0/s1. The minimum Gasteiger partial charge on any atom is -0.481 e. The van der Waals surface area contributed by atoms with E-state index in [1.807, 2.05) is 19.1 Å². The zero-order valence-corrected chi connectivity index (χ0v) is 12.2. The molecule has 2 atom stereocenters. The van der Waals surface area contributed by atoms with E-state index in [2.05, 4.69) is 21.2 Å². The molecular formula is C14H16BrNO3. The van der Waals surface area contributed by atoms with Gasteiger partial charge in [0.15, 0.2) is 0 Å². The number of carboxylic acid groups (broad SMARTS) is 1. The van der Waals surface area contributed by atoms with Crippen molar-refractivity contribution in [1.29, 1.82) is 0 Å². The van der Waals surface area contributed by atoms with Crippen LogP contribution >= 0.6 is 15.9 Å². The summed E-state index contributed by atoms with van der Waals surface area (Å²) in [5.41, 5.74) is 1.47. The normalized spacial score (nSPS) is 22.2. The van der Waals surface area contributed by atoms with Gasteiger partial charge in [-0.25, -0.2) is 0 Å². The van der Waals surface area contributed by atoms with Crippen LogP contribution in [0, 0.1) is 12.8 Å². The third-order valence-corrected chi connectivity index (χ3v) is 4.09. The predicted molar refractivity (Wildman–Crippen MR) is 75.1 cm³/mol. The first-order valence-corrected chi connectivity index (χ1v) is 7.08. The first-order chi connectivity index (χ1) is 8.99. The fourth-order valence-electron chi connectivity index (χ4n) is 2.51. The summed E-state index contributed by atoms with van der Waals surface area (Å²) in [7, 11) is 0. The Morgan fingerprint density at radius 3 is 2.79 bits per heavy atom. The zero-order valence-electron chi connectivity index (χ0n) is 10.6. The minimum atomic E-state index is -0.825. The molecule has 0 radical (unpaired) electrons. The Morgan fingerprint density at radius 1 is 1.37 bits per heavy atom. The van der Waals surface area contributed by atoms with Gasteiger partial charge < -0.3 is 10.4 Å². The van der Waals surface area contributed by atoms with Crippen molar-refractivity contribution in [3.8, 4) is 0 Å². The van der Waals surface area contributed by atoms with Crippen molar-refractivity contribution < 1.29 is 14.7 Å². The second-order valence-corrected chi connectivity index (χ2v) is 5.83. The Bertz CT molecular complexity index is 515. The molecule has 0 heterocycles. The van der Waals surface area contributed by atoms with Crippen LogP contribution < -0.4 is 5.32 Å². The number of benzene rings is 1. The van der Waals surface area contributed by atoms with Gasteiger partial charge in [-0.3, -0.25) is 9.59 Å². The van der Waals surface area contributed by atoms with Crippen molar-refractivity contribution in [2.45, 2.75) is 32.2 Å². The topological polar surface area (TPSA) is 66.4 Å². The molecule has 0 spiro atoms. The summed E-state index contributed by atoms with van der Waals surface area (Å²) in [6, 6.07) is 5.24. The number of carboxylic acids is 1. The second-order valence-electron chi connectivity index (χ2n) is 4.91. The number of nitrogens with one attached hydrogen (secondary N) is 1. The van der Waals surface area contributed by atoms with Crippen molar-refractivity contribution in [2.24, 2.45) is 5.92 Å². The molecule has 1 saturated carbocycles. The molecule has 1 aliphatic carbocycles. The highest BCUT2D eigenvalue weighted by Crippen LogP contribution is 2.26. The highest BCUT2D eigenvalue weighted by Gasteiger charge is 2.34. The van der Waals surface area contributed by atoms with Crippen molar-refractivity contribution in [2.75, 3.05) is 0 Å². The van der Waals surface area contributed by atoms with Gasteiger partial charge in [0.1, 0.15) is 0 Å². The first kappa shape index (κ1) is 14.1. The van der Waals surface area contributed by atoms with Crippen LogP contribution in [0.1, 0.15) is 35.2 Å². The summed E-state index contributed by atoms with van der Waals surface area (Å²) in [6.45, 7) is 1.87. The van der Waals surface area contributed by atoms with E-state index in [0.29, 0.717) is 12.0 Å². The van der Waals surface area contributed by atoms with E-state index in [1.54, 1.807) is 6.07 Å². The molecule has 1 aromatic carbocycles. The highest BCUT2D eigenvalue weighted by atomic mass is 79.9. The Kier molecular flexibility index (Phi) is 4.24. The van der Waals surface area contributed by atoms with Gasteiger partial charge in [0.25, 0.3) is 5.91 Å². The summed E-state index contributed by atoms with van der Waals surface area (Å²) in [6.07, 6.45) is 2.22. The zero-order chi connectivity index (χ0) is 14.0. The van der Waals surface area contributed by atoms with Gasteiger partial charge in [-0.1, -0.05) is 28.4 Å². The average molecular weight is 326 g/mol. The van der Waals surface area contributed by atoms with Crippen molar-refractivity contribution in [3.63, 3.8) is 0 Å². The molecular weight excluding hydrogens is 310 g/mol. The Balaban J connectivity index is 2.12. The van der Waals surface area contributed by atoms with Gasteiger partial charge in [-0.2, -0.15) is 0 Å². The molecule has 1 amide bonds. The van der Waals surface area contributed by atoms with E-state index in [4.69, 9.17) is 5.11 Å². The number of hydrogen-bond donors (Lipinski definition) is 2. The average Bonchev–Trinajstić information content (AvgIpc) is 2.80. The van der Waals surface area contributed by atoms with Crippen LogP contribution in [-0.2, 0) is 4.79 Å². The minimum absolute atomic E-state index is 0.197. The van der Waals surface area contributed by atoms with Crippen LogP contribution in [0.25, 0.3) is 0 Å². The lowest BCUT2D eigenvalue weighted by atomic mass is 10.0. The lowest BCUT2D eigenvalue weighted by molar-refractivity contribution is -0.142. The molecule has 0 aromatic heterocycles. The van der Waals surface area contributed by atoms with E-state index in [0.717, 1.165) is 22.9 Å². The first-order valence-electron chi connectivity index (χ1n) is 6.29. The molecule has 1 aliphatic rings. The van der Waals surface area contributed by atoms with Crippen LogP contribution in [0.5, 0.6) is 0 Å². The van der Waals surface area contributed by atoms with Gasteiger partial charge >= 0.3 is 5.97 Å². The second kappa shape index (κ2) is 5.74. The summed E-state index contributed by atoms with van der Waals surface area (Å²) < 4.78 is 0.837. The van der Waals surface area contributed by atoms with E-state index in [-0.39, 0.29) is 11.9 Å². The maximum atomic E-state index is 12.2. The summed E-state index contributed by atoms with van der Waals surface area (Å²) >= 11 is 3.34. The maximum absolute atomic E-state index is 12.2.